The molecule has 0 aliphatic heterocycles. The molecule has 1 rings (SSSR count). The summed E-state index contributed by atoms with van der Waals surface area (Å²) in [7, 11) is 0. The zero-order valence-corrected chi connectivity index (χ0v) is 12.7. The molecule has 0 saturated heterocycles. The number of ether oxygens (including phenoxy) is 1. The van der Waals surface area contributed by atoms with Crippen LogP contribution >= 0.6 is 15.9 Å². The molecule has 0 radical (unpaired) electrons. The van der Waals surface area contributed by atoms with Crippen LogP contribution in [0.3, 0.4) is 0 Å². The van der Waals surface area contributed by atoms with Crippen LogP contribution in [0.2, 0.25) is 0 Å². The number of halogens is 6. The van der Waals surface area contributed by atoms with E-state index in [4.69, 9.17) is 0 Å². The van der Waals surface area contributed by atoms with Gasteiger partial charge in [-0.2, -0.15) is 22.0 Å². The quantitative estimate of drug-likeness (QED) is 0.662. The van der Waals surface area contributed by atoms with Gasteiger partial charge in [-0.3, -0.25) is 0 Å². The van der Waals surface area contributed by atoms with Crippen LogP contribution in [0.5, 0.6) is 5.75 Å². The number of rotatable bonds is 3. The van der Waals surface area contributed by atoms with E-state index in [2.05, 4.69) is 20.7 Å². The summed E-state index contributed by atoms with van der Waals surface area (Å²) in [6, 6.07) is 4.64. The highest BCUT2D eigenvalue weighted by Gasteiger charge is 2.58. The topological polar surface area (TPSA) is 9.23 Å². The zero-order chi connectivity index (χ0) is 15.8. The molecule has 1 aromatic rings. The van der Waals surface area contributed by atoms with Gasteiger partial charge in [-0.1, -0.05) is 26.8 Å². The fourth-order valence-electron chi connectivity index (χ4n) is 1.33. The molecule has 0 unspecified atom stereocenters. The Kier molecular flexibility index (Phi) is 4.73. The number of alkyl halides is 5. The van der Waals surface area contributed by atoms with Gasteiger partial charge in [0.2, 0.25) is 0 Å². The van der Waals surface area contributed by atoms with Crippen LogP contribution < -0.4 is 4.74 Å². The fourth-order valence-corrected chi connectivity index (χ4v) is 1.83. The second kappa shape index (κ2) is 5.50. The first-order chi connectivity index (χ1) is 8.84. The molecule has 0 amide bonds. The predicted molar refractivity (Wildman–Crippen MR) is 69.3 cm³/mol. The average Bonchev–Trinajstić information content (AvgIpc) is 2.24. The molecular weight excluding hydrogens is 347 g/mol. The highest BCUT2D eigenvalue weighted by Crippen LogP contribution is 2.37. The van der Waals surface area contributed by atoms with Gasteiger partial charge in [0.05, 0.1) is 4.47 Å². The third-order valence-corrected chi connectivity index (χ3v) is 3.24. The van der Waals surface area contributed by atoms with E-state index < -0.39 is 18.7 Å². The molecule has 1 aromatic carbocycles. The third kappa shape index (κ3) is 4.07. The van der Waals surface area contributed by atoms with Gasteiger partial charge in [-0.15, -0.1) is 0 Å². The molecule has 0 bridgehead atoms. The Hall–Kier alpha value is -0.850. The second-order valence-electron chi connectivity index (χ2n) is 5.39. The van der Waals surface area contributed by atoms with Crippen LogP contribution in [0, 0.1) is 0 Å². The summed E-state index contributed by atoms with van der Waals surface area (Å²) in [5, 5.41) is 0. The largest absolute Gasteiger partial charge is 0.486 e. The lowest BCUT2D eigenvalue weighted by molar-refractivity contribution is -0.290. The minimum Gasteiger partial charge on any atom is -0.486 e. The Morgan fingerprint density at radius 1 is 1.05 bits per heavy atom. The average molecular weight is 361 g/mol. The molecule has 0 aromatic heterocycles. The second-order valence-corrected chi connectivity index (χ2v) is 6.24. The maximum atomic E-state index is 12.8. The van der Waals surface area contributed by atoms with E-state index in [1.54, 1.807) is 12.1 Å². The van der Waals surface area contributed by atoms with Crippen molar-refractivity contribution < 1.29 is 26.7 Å². The van der Waals surface area contributed by atoms with Gasteiger partial charge >= 0.3 is 12.1 Å². The molecule has 0 spiro atoms. The van der Waals surface area contributed by atoms with Crippen molar-refractivity contribution in [2.24, 2.45) is 0 Å². The standard InChI is InChI=1S/C13H14BrF5O/c1-11(2,3)8-4-5-10(9(14)6-8)20-7-12(15,16)13(17,18)19/h4-6H,7H2,1-3H3. The first-order valence-corrected chi connectivity index (χ1v) is 6.51. The SMILES string of the molecule is CC(C)(C)c1ccc(OCC(F)(F)C(F)(F)F)c(Br)c1. The lowest BCUT2D eigenvalue weighted by atomic mass is 9.87. The molecule has 0 aliphatic rings. The van der Waals surface area contributed by atoms with Gasteiger partial charge in [0, 0.05) is 0 Å². The van der Waals surface area contributed by atoms with Crippen molar-refractivity contribution >= 4 is 15.9 Å². The van der Waals surface area contributed by atoms with Crippen molar-refractivity contribution in [3.05, 3.63) is 28.2 Å². The van der Waals surface area contributed by atoms with Crippen LogP contribution in [-0.2, 0) is 5.41 Å². The van der Waals surface area contributed by atoms with Crippen LogP contribution in [0.25, 0.3) is 0 Å². The van der Waals surface area contributed by atoms with E-state index in [1.807, 2.05) is 20.8 Å². The summed E-state index contributed by atoms with van der Waals surface area (Å²) in [5.74, 6) is -4.93. The zero-order valence-electron chi connectivity index (χ0n) is 11.1. The van der Waals surface area contributed by atoms with Crippen molar-refractivity contribution in [3.63, 3.8) is 0 Å². The van der Waals surface area contributed by atoms with E-state index in [0.29, 0.717) is 4.47 Å². The summed E-state index contributed by atoms with van der Waals surface area (Å²) >= 11 is 3.11. The monoisotopic (exact) mass is 360 g/mol. The highest BCUT2D eigenvalue weighted by atomic mass is 79.9. The van der Waals surface area contributed by atoms with Gasteiger partial charge in [-0.25, -0.2) is 0 Å². The molecule has 0 atom stereocenters. The predicted octanol–water partition coefficient (Wildman–Crippen LogP) is 5.32. The number of benzene rings is 1. The van der Waals surface area contributed by atoms with E-state index in [1.165, 1.54) is 6.07 Å². The minimum atomic E-state index is -5.62. The lowest BCUT2D eigenvalue weighted by Crippen LogP contribution is -2.41. The molecule has 114 valence electrons. The maximum Gasteiger partial charge on any atom is 0.456 e. The van der Waals surface area contributed by atoms with Crippen molar-refractivity contribution in [1.82, 2.24) is 0 Å². The van der Waals surface area contributed by atoms with Gasteiger partial charge in [0.15, 0.2) is 6.61 Å². The lowest BCUT2D eigenvalue weighted by Gasteiger charge is -2.22. The van der Waals surface area contributed by atoms with Crippen molar-refractivity contribution in [1.29, 1.82) is 0 Å². The van der Waals surface area contributed by atoms with Crippen molar-refractivity contribution in [2.45, 2.75) is 38.3 Å². The first-order valence-electron chi connectivity index (χ1n) is 5.72. The Morgan fingerprint density at radius 3 is 2.00 bits per heavy atom. The van der Waals surface area contributed by atoms with Crippen LogP contribution in [0.4, 0.5) is 22.0 Å². The molecule has 20 heavy (non-hydrogen) atoms. The summed E-state index contributed by atoms with van der Waals surface area (Å²) in [4.78, 5) is 0. The molecule has 0 aliphatic carbocycles. The molecule has 7 heteroatoms. The number of hydrogen-bond donors (Lipinski definition) is 0. The Labute approximate surface area is 122 Å². The molecule has 0 heterocycles. The Balaban J connectivity index is 2.86. The van der Waals surface area contributed by atoms with Crippen molar-refractivity contribution in [3.8, 4) is 5.75 Å². The molecule has 1 nitrogen and oxygen atoms in total. The van der Waals surface area contributed by atoms with Crippen LogP contribution in [-0.4, -0.2) is 18.7 Å². The van der Waals surface area contributed by atoms with E-state index in [-0.39, 0.29) is 11.2 Å². The summed E-state index contributed by atoms with van der Waals surface area (Å²) < 4.78 is 66.5. The maximum absolute atomic E-state index is 12.8. The first kappa shape index (κ1) is 17.2. The normalized spacial score (nSPS) is 13.4. The van der Waals surface area contributed by atoms with Crippen molar-refractivity contribution in [2.75, 3.05) is 6.61 Å². The molecular formula is C13H14BrF5O. The number of hydrogen-bond acceptors (Lipinski definition) is 1. The molecule has 0 N–H and O–H groups in total. The smallest absolute Gasteiger partial charge is 0.456 e. The summed E-state index contributed by atoms with van der Waals surface area (Å²) in [6.07, 6.45) is -5.62. The van der Waals surface area contributed by atoms with Gasteiger partial charge in [0.25, 0.3) is 0 Å². The van der Waals surface area contributed by atoms with Crippen LogP contribution in [0.1, 0.15) is 26.3 Å². The summed E-state index contributed by atoms with van der Waals surface area (Å²) in [6.45, 7) is 4.11. The van der Waals surface area contributed by atoms with E-state index in [9.17, 15) is 22.0 Å². The minimum absolute atomic E-state index is 0.0538. The third-order valence-electron chi connectivity index (χ3n) is 2.62. The Morgan fingerprint density at radius 2 is 1.60 bits per heavy atom. The van der Waals surface area contributed by atoms with Gasteiger partial charge in [-0.05, 0) is 39.0 Å². The van der Waals surface area contributed by atoms with Gasteiger partial charge < -0.3 is 4.74 Å². The fraction of sp³-hybridized carbons (Fsp3) is 0.538. The van der Waals surface area contributed by atoms with Gasteiger partial charge in [0.1, 0.15) is 5.75 Å². The van der Waals surface area contributed by atoms with E-state index in [0.717, 1.165) is 5.56 Å². The summed E-state index contributed by atoms with van der Waals surface area (Å²) in [5.41, 5.74) is 0.732. The molecule has 0 fully saturated rings. The Bertz CT molecular complexity index is 477. The highest BCUT2D eigenvalue weighted by molar-refractivity contribution is 9.10. The van der Waals surface area contributed by atoms with E-state index >= 15 is 0 Å². The molecule has 0 saturated carbocycles. The van der Waals surface area contributed by atoms with Crippen LogP contribution in [0.15, 0.2) is 22.7 Å².